The van der Waals surface area contributed by atoms with Gasteiger partial charge in [-0.1, -0.05) is 17.7 Å². The monoisotopic (exact) mass is 347 g/mol. The van der Waals surface area contributed by atoms with Crippen molar-refractivity contribution < 1.29 is 14.0 Å². The molecule has 1 aromatic carbocycles. The van der Waals surface area contributed by atoms with Crippen LogP contribution in [-0.2, 0) is 9.59 Å². The summed E-state index contributed by atoms with van der Waals surface area (Å²) in [6.45, 7) is 0.477. The number of hydrogen-bond acceptors (Lipinski definition) is 3. The highest BCUT2D eigenvalue weighted by Gasteiger charge is 2.34. The molecule has 3 rings (SSSR count). The molecule has 2 amide bonds. The summed E-state index contributed by atoms with van der Waals surface area (Å²) in [6.07, 6.45) is 3.20. The van der Waals surface area contributed by atoms with Gasteiger partial charge in [-0.3, -0.25) is 14.6 Å². The Kier molecular flexibility index (Phi) is 4.76. The molecule has 0 radical (unpaired) electrons. The minimum absolute atomic E-state index is 0.0728. The molecule has 0 spiro atoms. The van der Waals surface area contributed by atoms with Gasteiger partial charge in [0.05, 0.1) is 22.4 Å². The smallest absolute Gasteiger partial charge is 0.313 e. The largest absolute Gasteiger partial charge is 0.326 e. The highest BCUT2D eigenvalue weighted by Crippen LogP contribution is 2.31. The zero-order valence-corrected chi connectivity index (χ0v) is 13.5. The molecule has 1 saturated heterocycles. The summed E-state index contributed by atoms with van der Waals surface area (Å²) in [4.78, 5) is 30.5. The number of nitrogens with one attached hydrogen (secondary N) is 1. The van der Waals surface area contributed by atoms with E-state index in [9.17, 15) is 14.0 Å². The van der Waals surface area contributed by atoms with E-state index in [4.69, 9.17) is 11.6 Å². The van der Waals surface area contributed by atoms with E-state index >= 15 is 0 Å². The maximum Gasteiger partial charge on any atom is 0.313 e. The molecule has 7 heteroatoms. The fourth-order valence-corrected chi connectivity index (χ4v) is 2.95. The van der Waals surface area contributed by atoms with Crippen molar-refractivity contribution in [3.8, 4) is 0 Å². The Hall–Kier alpha value is -2.47. The number of rotatable bonds is 2. The van der Waals surface area contributed by atoms with Crippen molar-refractivity contribution >= 4 is 29.1 Å². The Morgan fingerprint density at radius 2 is 2.12 bits per heavy atom. The van der Waals surface area contributed by atoms with Gasteiger partial charge in [0.1, 0.15) is 5.82 Å². The number of nitrogens with zero attached hydrogens (tertiary/aromatic N) is 2. The number of likely N-dealkylation sites (tertiary alicyclic amines) is 1. The summed E-state index contributed by atoms with van der Waals surface area (Å²) in [5.74, 6) is -2.07. The van der Waals surface area contributed by atoms with E-state index in [-0.39, 0.29) is 16.8 Å². The first kappa shape index (κ1) is 16.4. The van der Waals surface area contributed by atoms with Gasteiger partial charge in [-0.15, -0.1) is 0 Å². The molecule has 24 heavy (non-hydrogen) atoms. The van der Waals surface area contributed by atoms with E-state index in [1.54, 1.807) is 12.3 Å². The Bertz CT molecular complexity index is 770. The summed E-state index contributed by atoms with van der Waals surface area (Å²) in [5.41, 5.74) is 0.823. The minimum atomic E-state index is -0.842. The second-order valence-corrected chi connectivity index (χ2v) is 5.90. The van der Waals surface area contributed by atoms with Crippen molar-refractivity contribution in [2.75, 3.05) is 11.9 Å². The van der Waals surface area contributed by atoms with Gasteiger partial charge in [-0.05, 0) is 43.2 Å². The number of amides is 2. The number of halogens is 2. The Morgan fingerprint density at radius 1 is 1.29 bits per heavy atom. The Balaban J connectivity index is 1.75. The van der Waals surface area contributed by atoms with Crippen LogP contribution in [0.5, 0.6) is 0 Å². The number of benzene rings is 1. The second kappa shape index (κ2) is 6.97. The molecule has 0 unspecified atom stereocenters. The van der Waals surface area contributed by atoms with Gasteiger partial charge in [0.15, 0.2) is 0 Å². The lowest BCUT2D eigenvalue weighted by molar-refractivity contribution is -0.143. The number of carbonyl (C=O) groups excluding carboxylic acids is 2. The van der Waals surface area contributed by atoms with Crippen molar-refractivity contribution in [1.82, 2.24) is 9.88 Å². The summed E-state index contributed by atoms with van der Waals surface area (Å²) in [7, 11) is 0. The van der Waals surface area contributed by atoms with Gasteiger partial charge in [-0.25, -0.2) is 4.39 Å². The predicted octanol–water partition coefficient (Wildman–Crippen LogP) is 3.18. The van der Waals surface area contributed by atoms with Crippen LogP contribution in [-0.4, -0.2) is 28.2 Å². The van der Waals surface area contributed by atoms with Crippen LogP contribution in [0, 0.1) is 5.82 Å². The lowest BCUT2D eigenvalue weighted by Crippen LogP contribution is -2.39. The van der Waals surface area contributed by atoms with Gasteiger partial charge in [0, 0.05) is 12.7 Å². The fraction of sp³-hybridized carbons (Fsp3) is 0.235. The van der Waals surface area contributed by atoms with E-state index in [2.05, 4.69) is 10.3 Å². The van der Waals surface area contributed by atoms with Crippen LogP contribution in [0.2, 0.25) is 5.02 Å². The number of aromatic nitrogens is 1. The summed E-state index contributed by atoms with van der Waals surface area (Å²) in [5, 5.41) is 2.54. The SMILES string of the molecule is O=C(Nc1cc(F)ccc1Cl)C(=O)N1CCC[C@@H]1c1ccccn1. The molecular weight excluding hydrogens is 333 g/mol. The molecule has 1 fully saturated rings. The van der Waals surface area contributed by atoms with Crippen LogP contribution in [0.15, 0.2) is 42.6 Å². The molecule has 0 aliphatic carbocycles. The molecule has 1 atom stereocenters. The lowest BCUT2D eigenvalue weighted by Gasteiger charge is -2.23. The van der Waals surface area contributed by atoms with Crippen molar-refractivity contribution in [2.24, 2.45) is 0 Å². The zero-order valence-electron chi connectivity index (χ0n) is 12.7. The van der Waals surface area contributed by atoms with Crippen molar-refractivity contribution in [1.29, 1.82) is 0 Å². The van der Waals surface area contributed by atoms with Gasteiger partial charge < -0.3 is 10.2 Å². The third-order valence-corrected chi connectivity index (χ3v) is 4.24. The van der Waals surface area contributed by atoms with Gasteiger partial charge in [-0.2, -0.15) is 0 Å². The normalized spacial score (nSPS) is 16.9. The van der Waals surface area contributed by atoms with Gasteiger partial charge >= 0.3 is 11.8 Å². The molecule has 2 aromatic rings. The van der Waals surface area contributed by atoms with Crippen LogP contribution in [0.25, 0.3) is 0 Å². The van der Waals surface area contributed by atoms with Crippen LogP contribution >= 0.6 is 11.6 Å². The van der Waals surface area contributed by atoms with Gasteiger partial charge in [0.25, 0.3) is 0 Å². The Morgan fingerprint density at radius 3 is 2.88 bits per heavy atom. The topological polar surface area (TPSA) is 62.3 Å². The van der Waals surface area contributed by atoms with Crippen molar-refractivity contribution in [3.63, 3.8) is 0 Å². The molecule has 1 N–H and O–H groups in total. The average molecular weight is 348 g/mol. The highest BCUT2D eigenvalue weighted by atomic mass is 35.5. The summed E-state index contributed by atoms with van der Waals surface area (Å²) < 4.78 is 13.3. The number of carbonyl (C=O) groups is 2. The van der Waals surface area contributed by atoms with Crippen molar-refractivity contribution in [2.45, 2.75) is 18.9 Å². The highest BCUT2D eigenvalue weighted by molar-refractivity contribution is 6.41. The average Bonchev–Trinajstić information content (AvgIpc) is 3.08. The third-order valence-electron chi connectivity index (χ3n) is 3.91. The maximum absolute atomic E-state index is 13.3. The molecule has 0 bridgehead atoms. The summed E-state index contributed by atoms with van der Waals surface area (Å²) >= 11 is 5.91. The molecule has 124 valence electrons. The van der Waals surface area contributed by atoms with E-state index in [1.807, 2.05) is 12.1 Å². The van der Waals surface area contributed by atoms with E-state index in [0.717, 1.165) is 24.6 Å². The van der Waals surface area contributed by atoms with Crippen LogP contribution < -0.4 is 5.32 Å². The molecule has 2 heterocycles. The molecule has 1 aliphatic rings. The van der Waals surface area contributed by atoms with E-state index < -0.39 is 17.6 Å². The van der Waals surface area contributed by atoms with Crippen LogP contribution in [0.1, 0.15) is 24.6 Å². The first-order chi connectivity index (χ1) is 11.6. The summed E-state index contributed by atoms with van der Waals surface area (Å²) in [6, 6.07) is 8.82. The van der Waals surface area contributed by atoms with Crippen LogP contribution in [0.4, 0.5) is 10.1 Å². The minimum Gasteiger partial charge on any atom is -0.326 e. The maximum atomic E-state index is 13.3. The van der Waals surface area contributed by atoms with Crippen LogP contribution in [0.3, 0.4) is 0 Å². The number of pyridine rings is 1. The van der Waals surface area contributed by atoms with Gasteiger partial charge in [0.2, 0.25) is 0 Å². The quantitative estimate of drug-likeness (QED) is 0.849. The van der Waals surface area contributed by atoms with E-state index in [0.29, 0.717) is 6.54 Å². The molecule has 1 aromatic heterocycles. The third kappa shape index (κ3) is 3.38. The molecule has 1 aliphatic heterocycles. The number of anilines is 1. The zero-order chi connectivity index (χ0) is 17.1. The predicted molar refractivity (Wildman–Crippen MR) is 88.0 cm³/mol. The standard InChI is InChI=1S/C17H15ClFN3O2/c18-12-7-6-11(19)10-14(12)21-16(23)17(24)22-9-3-5-15(22)13-4-1-2-8-20-13/h1-2,4,6-8,10,15H,3,5,9H2,(H,21,23)/t15-/m1/s1. The Labute approximate surface area is 143 Å². The second-order valence-electron chi connectivity index (χ2n) is 5.49. The molecule has 0 saturated carbocycles. The first-order valence-electron chi connectivity index (χ1n) is 7.54. The van der Waals surface area contributed by atoms with E-state index in [1.165, 1.54) is 17.0 Å². The molecular formula is C17H15ClFN3O2. The lowest BCUT2D eigenvalue weighted by atomic mass is 10.1. The number of hydrogen-bond donors (Lipinski definition) is 1. The van der Waals surface area contributed by atoms with Crippen molar-refractivity contribution in [3.05, 3.63) is 59.1 Å². The molecule has 5 nitrogen and oxygen atoms in total. The fourth-order valence-electron chi connectivity index (χ4n) is 2.79. The first-order valence-corrected chi connectivity index (χ1v) is 7.92.